The van der Waals surface area contributed by atoms with Gasteiger partial charge in [-0.2, -0.15) is 0 Å². The number of benzene rings is 1. The summed E-state index contributed by atoms with van der Waals surface area (Å²) < 4.78 is 0. The van der Waals surface area contributed by atoms with Gasteiger partial charge < -0.3 is 4.90 Å². The Kier molecular flexibility index (Phi) is 3.27. The van der Waals surface area contributed by atoms with Crippen LogP contribution in [0.15, 0.2) is 30.3 Å². The molecule has 1 aliphatic heterocycles. The van der Waals surface area contributed by atoms with E-state index in [1.807, 2.05) is 18.2 Å². The maximum atomic E-state index is 11.3. The summed E-state index contributed by atoms with van der Waals surface area (Å²) in [5.41, 5.74) is 1.19. The van der Waals surface area contributed by atoms with Crippen LogP contribution in [0.4, 0.5) is 4.79 Å². The van der Waals surface area contributed by atoms with Crippen molar-refractivity contribution in [3.05, 3.63) is 35.9 Å². The minimum atomic E-state index is -0.330. The topological polar surface area (TPSA) is 20.3 Å². The Hall–Kier alpha value is -1.02. The average Bonchev–Trinajstić information content (AvgIpc) is 2.30. The molecule has 1 fully saturated rings. The van der Waals surface area contributed by atoms with Gasteiger partial charge in [-0.3, -0.25) is 4.79 Å². The first-order valence-electron chi connectivity index (χ1n) is 5.30. The fraction of sp³-hybridized carbons (Fsp3) is 0.417. The number of rotatable bonds is 1. The van der Waals surface area contributed by atoms with E-state index in [0.717, 1.165) is 19.4 Å². The summed E-state index contributed by atoms with van der Waals surface area (Å²) in [6.45, 7) is 0.780. The molecule has 1 unspecified atom stereocenters. The molecule has 1 atom stereocenters. The molecule has 80 valence electrons. The van der Waals surface area contributed by atoms with Gasteiger partial charge in [-0.25, -0.2) is 0 Å². The maximum Gasteiger partial charge on any atom is 0.316 e. The van der Waals surface area contributed by atoms with Crippen LogP contribution in [0, 0.1) is 0 Å². The van der Waals surface area contributed by atoms with Crippen LogP contribution in [-0.4, -0.2) is 16.8 Å². The lowest BCUT2D eigenvalue weighted by Gasteiger charge is -2.34. The van der Waals surface area contributed by atoms with Crippen molar-refractivity contribution < 1.29 is 4.79 Å². The third-order valence-electron chi connectivity index (χ3n) is 2.91. The van der Waals surface area contributed by atoms with E-state index >= 15 is 0 Å². The van der Waals surface area contributed by atoms with Crippen LogP contribution in [0.25, 0.3) is 0 Å². The summed E-state index contributed by atoms with van der Waals surface area (Å²) in [5.74, 6) is 0. The van der Waals surface area contributed by atoms with Gasteiger partial charge in [0.05, 0.1) is 6.04 Å². The second-order valence-corrected chi connectivity index (χ2v) is 4.19. The Morgan fingerprint density at radius 2 is 2.00 bits per heavy atom. The molecule has 0 aromatic heterocycles. The van der Waals surface area contributed by atoms with Crippen molar-refractivity contribution >= 4 is 17.0 Å². The van der Waals surface area contributed by atoms with Crippen molar-refractivity contribution in [2.75, 3.05) is 6.54 Å². The van der Waals surface area contributed by atoms with Crippen LogP contribution < -0.4 is 0 Å². The first kappa shape index (κ1) is 10.5. The maximum absolute atomic E-state index is 11.3. The van der Waals surface area contributed by atoms with Crippen LogP contribution >= 0.6 is 11.6 Å². The van der Waals surface area contributed by atoms with E-state index in [1.54, 1.807) is 4.90 Å². The second kappa shape index (κ2) is 4.67. The molecule has 1 saturated heterocycles. The molecule has 3 heteroatoms. The normalized spacial score (nSPS) is 21.4. The van der Waals surface area contributed by atoms with Gasteiger partial charge >= 0.3 is 5.37 Å². The Bertz CT molecular complexity index is 339. The zero-order valence-corrected chi connectivity index (χ0v) is 9.28. The number of amides is 1. The van der Waals surface area contributed by atoms with E-state index < -0.39 is 0 Å². The Labute approximate surface area is 94.8 Å². The van der Waals surface area contributed by atoms with Crippen molar-refractivity contribution in [1.29, 1.82) is 0 Å². The zero-order chi connectivity index (χ0) is 10.7. The number of carbonyl (C=O) groups excluding carboxylic acids is 1. The summed E-state index contributed by atoms with van der Waals surface area (Å²) in [6, 6.07) is 10.3. The molecule has 0 spiro atoms. The van der Waals surface area contributed by atoms with Gasteiger partial charge in [0.25, 0.3) is 0 Å². The Balaban J connectivity index is 2.22. The minimum absolute atomic E-state index is 0.171. The molecule has 0 aliphatic carbocycles. The van der Waals surface area contributed by atoms with Gasteiger partial charge in [0.1, 0.15) is 0 Å². The summed E-state index contributed by atoms with van der Waals surface area (Å²) >= 11 is 5.59. The fourth-order valence-electron chi connectivity index (χ4n) is 2.16. The SMILES string of the molecule is O=C(Cl)N1CCCCC1c1ccccc1. The summed E-state index contributed by atoms with van der Waals surface area (Å²) in [4.78, 5) is 13.0. The van der Waals surface area contributed by atoms with Crippen molar-refractivity contribution in [3.8, 4) is 0 Å². The van der Waals surface area contributed by atoms with E-state index in [0.29, 0.717) is 0 Å². The number of hydrogen-bond donors (Lipinski definition) is 0. The largest absolute Gasteiger partial charge is 0.322 e. The molecule has 2 nitrogen and oxygen atoms in total. The molecule has 1 aromatic carbocycles. The predicted octanol–water partition coefficient (Wildman–Crippen LogP) is 3.57. The van der Waals surface area contributed by atoms with Gasteiger partial charge in [-0.15, -0.1) is 0 Å². The van der Waals surface area contributed by atoms with Gasteiger partial charge in [0.15, 0.2) is 0 Å². The monoisotopic (exact) mass is 223 g/mol. The molecule has 0 bridgehead atoms. The summed E-state index contributed by atoms with van der Waals surface area (Å²) in [6.07, 6.45) is 3.24. The Morgan fingerprint density at radius 3 is 2.67 bits per heavy atom. The van der Waals surface area contributed by atoms with Crippen LogP contribution in [0.1, 0.15) is 30.9 Å². The standard InChI is InChI=1S/C12H14ClNO/c13-12(15)14-9-5-4-8-11(14)10-6-2-1-3-7-10/h1-3,6-7,11H,4-5,8-9H2. The van der Waals surface area contributed by atoms with Crippen molar-refractivity contribution in [2.45, 2.75) is 25.3 Å². The van der Waals surface area contributed by atoms with E-state index in [-0.39, 0.29) is 11.4 Å². The molecule has 1 aromatic rings. The van der Waals surface area contributed by atoms with E-state index in [2.05, 4.69) is 12.1 Å². The molecule has 2 rings (SSSR count). The molecule has 0 saturated carbocycles. The van der Waals surface area contributed by atoms with Gasteiger partial charge in [-0.05, 0) is 36.4 Å². The first-order chi connectivity index (χ1) is 7.29. The predicted molar refractivity (Wildman–Crippen MR) is 61.0 cm³/mol. The van der Waals surface area contributed by atoms with Crippen LogP contribution in [-0.2, 0) is 0 Å². The van der Waals surface area contributed by atoms with E-state index in [4.69, 9.17) is 11.6 Å². The van der Waals surface area contributed by atoms with E-state index in [1.165, 1.54) is 12.0 Å². The molecular weight excluding hydrogens is 210 g/mol. The number of nitrogens with zero attached hydrogens (tertiary/aromatic N) is 1. The molecule has 1 aliphatic rings. The molecule has 1 heterocycles. The molecule has 0 N–H and O–H groups in total. The highest BCUT2D eigenvalue weighted by Gasteiger charge is 2.26. The average molecular weight is 224 g/mol. The number of hydrogen-bond acceptors (Lipinski definition) is 1. The molecule has 0 radical (unpaired) electrons. The third-order valence-corrected chi connectivity index (χ3v) is 3.13. The van der Waals surface area contributed by atoms with Crippen molar-refractivity contribution in [3.63, 3.8) is 0 Å². The quantitative estimate of drug-likeness (QED) is 0.527. The number of halogens is 1. The number of piperidine rings is 1. The Morgan fingerprint density at radius 1 is 1.27 bits per heavy atom. The lowest BCUT2D eigenvalue weighted by atomic mass is 9.96. The van der Waals surface area contributed by atoms with Crippen LogP contribution in [0.5, 0.6) is 0 Å². The lowest BCUT2D eigenvalue weighted by Crippen LogP contribution is -2.35. The number of carbonyl (C=O) groups is 1. The number of likely N-dealkylation sites (tertiary alicyclic amines) is 1. The van der Waals surface area contributed by atoms with Gasteiger partial charge in [0, 0.05) is 6.54 Å². The van der Waals surface area contributed by atoms with Gasteiger partial charge in [-0.1, -0.05) is 30.3 Å². The van der Waals surface area contributed by atoms with Crippen LogP contribution in [0.2, 0.25) is 0 Å². The highest BCUT2D eigenvalue weighted by atomic mass is 35.5. The van der Waals surface area contributed by atoms with Crippen molar-refractivity contribution in [2.24, 2.45) is 0 Å². The highest BCUT2D eigenvalue weighted by Crippen LogP contribution is 2.31. The molecular formula is C12H14ClNO. The minimum Gasteiger partial charge on any atom is -0.322 e. The lowest BCUT2D eigenvalue weighted by molar-refractivity contribution is 0.173. The highest BCUT2D eigenvalue weighted by molar-refractivity contribution is 6.62. The van der Waals surface area contributed by atoms with Crippen molar-refractivity contribution in [1.82, 2.24) is 4.90 Å². The zero-order valence-electron chi connectivity index (χ0n) is 8.53. The summed E-state index contributed by atoms with van der Waals surface area (Å²) in [7, 11) is 0. The third kappa shape index (κ3) is 2.32. The first-order valence-corrected chi connectivity index (χ1v) is 5.68. The van der Waals surface area contributed by atoms with Crippen LogP contribution in [0.3, 0.4) is 0 Å². The second-order valence-electron chi connectivity index (χ2n) is 3.87. The smallest absolute Gasteiger partial charge is 0.316 e. The molecule has 1 amide bonds. The summed E-state index contributed by atoms with van der Waals surface area (Å²) in [5, 5.41) is -0.330. The molecule has 15 heavy (non-hydrogen) atoms. The van der Waals surface area contributed by atoms with E-state index in [9.17, 15) is 4.79 Å². The van der Waals surface area contributed by atoms with Gasteiger partial charge in [0.2, 0.25) is 0 Å². The fourth-order valence-corrected chi connectivity index (χ4v) is 2.37.